The lowest BCUT2D eigenvalue weighted by Crippen LogP contribution is -2.15. The number of nitrogens with zero attached hydrogens (tertiary/aromatic N) is 2. The maximum absolute atomic E-state index is 5.98. The summed E-state index contributed by atoms with van der Waals surface area (Å²) in [6.45, 7) is 0. The molecule has 0 saturated heterocycles. The molecule has 0 spiro atoms. The van der Waals surface area contributed by atoms with E-state index < -0.39 is 0 Å². The minimum absolute atomic E-state index is 0.318. The standard InChI is InChI=1S/C9H10BrN3O/c1-13-5-4-12-9(13)8(11)6-2-3-7(10)14-6/h2-5,8H,11H2,1H3. The van der Waals surface area contributed by atoms with E-state index >= 15 is 0 Å². The third-order valence-electron chi connectivity index (χ3n) is 2.04. The predicted molar refractivity (Wildman–Crippen MR) is 55.6 cm³/mol. The number of nitrogens with two attached hydrogens (primary N) is 1. The maximum atomic E-state index is 5.98. The maximum Gasteiger partial charge on any atom is 0.169 e. The Kier molecular flexibility index (Phi) is 2.43. The summed E-state index contributed by atoms with van der Waals surface area (Å²) < 4.78 is 7.92. The molecule has 0 aliphatic carbocycles. The minimum Gasteiger partial charge on any atom is -0.452 e. The van der Waals surface area contributed by atoms with Crippen molar-refractivity contribution in [2.75, 3.05) is 0 Å². The van der Waals surface area contributed by atoms with Gasteiger partial charge >= 0.3 is 0 Å². The summed E-state index contributed by atoms with van der Waals surface area (Å²) in [6.07, 6.45) is 3.57. The zero-order chi connectivity index (χ0) is 10.1. The van der Waals surface area contributed by atoms with Crippen LogP contribution in [-0.4, -0.2) is 9.55 Å². The second kappa shape index (κ2) is 3.59. The lowest BCUT2D eigenvalue weighted by Gasteiger charge is -2.07. The predicted octanol–water partition coefficient (Wildman–Crippen LogP) is 1.82. The van der Waals surface area contributed by atoms with Gasteiger partial charge in [0.15, 0.2) is 4.67 Å². The third-order valence-corrected chi connectivity index (χ3v) is 2.46. The molecule has 4 nitrogen and oxygen atoms in total. The van der Waals surface area contributed by atoms with Crippen molar-refractivity contribution in [3.63, 3.8) is 0 Å². The zero-order valence-corrected chi connectivity index (χ0v) is 9.23. The molecule has 1 atom stereocenters. The Bertz CT molecular complexity index is 435. The molecule has 0 radical (unpaired) electrons. The summed E-state index contributed by atoms with van der Waals surface area (Å²) >= 11 is 3.23. The highest BCUT2D eigenvalue weighted by atomic mass is 79.9. The van der Waals surface area contributed by atoms with Gasteiger partial charge in [0.05, 0.1) is 0 Å². The smallest absolute Gasteiger partial charge is 0.169 e. The molecule has 74 valence electrons. The fourth-order valence-electron chi connectivity index (χ4n) is 1.30. The second-order valence-electron chi connectivity index (χ2n) is 3.02. The number of aromatic nitrogens is 2. The van der Waals surface area contributed by atoms with Crippen LogP contribution in [0.2, 0.25) is 0 Å². The van der Waals surface area contributed by atoms with Crippen molar-refractivity contribution in [2.24, 2.45) is 12.8 Å². The quantitative estimate of drug-likeness (QED) is 0.891. The van der Waals surface area contributed by atoms with E-state index in [0.29, 0.717) is 10.4 Å². The molecule has 0 amide bonds. The summed E-state index contributed by atoms with van der Waals surface area (Å²) in [5.41, 5.74) is 5.98. The third kappa shape index (κ3) is 1.60. The number of hydrogen-bond donors (Lipinski definition) is 1. The molecule has 0 aliphatic rings. The summed E-state index contributed by atoms with van der Waals surface area (Å²) in [7, 11) is 1.90. The molecular weight excluding hydrogens is 246 g/mol. The molecule has 0 fully saturated rings. The molecule has 1 unspecified atom stereocenters. The first-order valence-electron chi connectivity index (χ1n) is 4.16. The number of halogens is 1. The Morgan fingerprint density at radius 1 is 1.57 bits per heavy atom. The first kappa shape index (κ1) is 9.48. The summed E-state index contributed by atoms with van der Waals surface area (Å²) in [5.74, 6) is 1.48. The first-order valence-corrected chi connectivity index (χ1v) is 4.96. The van der Waals surface area contributed by atoms with Crippen LogP contribution in [0, 0.1) is 0 Å². The van der Waals surface area contributed by atoms with Crippen LogP contribution in [0.1, 0.15) is 17.6 Å². The normalized spacial score (nSPS) is 13.1. The monoisotopic (exact) mass is 255 g/mol. The van der Waals surface area contributed by atoms with E-state index in [1.165, 1.54) is 0 Å². The summed E-state index contributed by atoms with van der Waals surface area (Å²) in [4.78, 5) is 4.16. The number of imidazole rings is 1. The van der Waals surface area contributed by atoms with E-state index in [0.717, 1.165) is 5.82 Å². The van der Waals surface area contributed by atoms with Gasteiger partial charge < -0.3 is 14.7 Å². The van der Waals surface area contributed by atoms with Crippen molar-refractivity contribution in [3.8, 4) is 0 Å². The summed E-state index contributed by atoms with van der Waals surface area (Å²) in [6, 6.07) is 3.34. The number of rotatable bonds is 2. The highest BCUT2D eigenvalue weighted by Crippen LogP contribution is 2.22. The molecular formula is C9H10BrN3O. The van der Waals surface area contributed by atoms with Crippen molar-refractivity contribution in [2.45, 2.75) is 6.04 Å². The van der Waals surface area contributed by atoms with Crippen LogP contribution >= 0.6 is 15.9 Å². The molecule has 14 heavy (non-hydrogen) atoms. The number of aryl methyl sites for hydroxylation is 1. The number of furan rings is 1. The molecule has 2 aromatic heterocycles. The Labute approximate surface area is 89.9 Å². The van der Waals surface area contributed by atoms with E-state index in [1.54, 1.807) is 6.20 Å². The van der Waals surface area contributed by atoms with Gasteiger partial charge in [0, 0.05) is 19.4 Å². The van der Waals surface area contributed by atoms with Gasteiger partial charge in [-0.15, -0.1) is 0 Å². The zero-order valence-electron chi connectivity index (χ0n) is 7.64. The minimum atomic E-state index is -0.318. The largest absolute Gasteiger partial charge is 0.452 e. The van der Waals surface area contributed by atoms with Gasteiger partial charge in [-0.05, 0) is 28.1 Å². The van der Waals surface area contributed by atoms with Gasteiger partial charge in [0.25, 0.3) is 0 Å². The van der Waals surface area contributed by atoms with Crippen molar-refractivity contribution in [1.29, 1.82) is 0 Å². The van der Waals surface area contributed by atoms with Gasteiger partial charge in [-0.1, -0.05) is 0 Å². The van der Waals surface area contributed by atoms with E-state index in [2.05, 4.69) is 20.9 Å². The van der Waals surface area contributed by atoms with Crippen molar-refractivity contribution >= 4 is 15.9 Å². The molecule has 2 N–H and O–H groups in total. The van der Waals surface area contributed by atoms with E-state index in [-0.39, 0.29) is 6.04 Å². The van der Waals surface area contributed by atoms with Crippen LogP contribution in [0.15, 0.2) is 33.6 Å². The van der Waals surface area contributed by atoms with Crippen LogP contribution in [0.4, 0.5) is 0 Å². The van der Waals surface area contributed by atoms with Gasteiger partial charge in [-0.25, -0.2) is 4.98 Å². The van der Waals surface area contributed by atoms with Crippen LogP contribution in [0.3, 0.4) is 0 Å². The van der Waals surface area contributed by atoms with Crippen LogP contribution < -0.4 is 5.73 Å². The van der Waals surface area contributed by atoms with Gasteiger partial charge in [0.1, 0.15) is 17.6 Å². The van der Waals surface area contributed by atoms with Gasteiger partial charge in [0.2, 0.25) is 0 Å². The first-order chi connectivity index (χ1) is 6.68. The second-order valence-corrected chi connectivity index (χ2v) is 3.80. The van der Waals surface area contributed by atoms with Crippen LogP contribution in [-0.2, 0) is 7.05 Å². The Morgan fingerprint density at radius 2 is 2.36 bits per heavy atom. The SMILES string of the molecule is Cn1ccnc1C(N)c1ccc(Br)o1. The molecule has 0 aliphatic heterocycles. The molecule has 5 heteroatoms. The highest BCUT2D eigenvalue weighted by Gasteiger charge is 2.16. The van der Waals surface area contributed by atoms with Crippen molar-refractivity contribution in [3.05, 3.63) is 40.8 Å². The summed E-state index contributed by atoms with van der Waals surface area (Å²) in [5, 5.41) is 0. The van der Waals surface area contributed by atoms with Gasteiger partial charge in [-0.2, -0.15) is 0 Å². The van der Waals surface area contributed by atoms with Crippen LogP contribution in [0.5, 0.6) is 0 Å². The highest BCUT2D eigenvalue weighted by molar-refractivity contribution is 9.10. The van der Waals surface area contributed by atoms with E-state index in [9.17, 15) is 0 Å². The molecule has 2 rings (SSSR count). The molecule has 0 saturated carbocycles. The molecule has 0 aromatic carbocycles. The Hall–Kier alpha value is -1.07. The molecule has 2 aromatic rings. The lowest BCUT2D eigenvalue weighted by molar-refractivity contribution is 0.460. The number of hydrogen-bond acceptors (Lipinski definition) is 3. The van der Waals surface area contributed by atoms with E-state index in [1.807, 2.05) is 29.9 Å². The van der Waals surface area contributed by atoms with Crippen molar-refractivity contribution < 1.29 is 4.42 Å². The fourth-order valence-corrected chi connectivity index (χ4v) is 1.62. The average molecular weight is 256 g/mol. The van der Waals surface area contributed by atoms with Crippen LogP contribution in [0.25, 0.3) is 0 Å². The topological polar surface area (TPSA) is 57.0 Å². The van der Waals surface area contributed by atoms with Crippen molar-refractivity contribution in [1.82, 2.24) is 9.55 Å². The molecule has 2 heterocycles. The Morgan fingerprint density at radius 3 is 2.86 bits per heavy atom. The fraction of sp³-hybridized carbons (Fsp3) is 0.222. The van der Waals surface area contributed by atoms with Gasteiger partial charge in [-0.3, -0.25) is 0 Å². The average Bonchev–Trinajstić information content (AvgIpc) is 2.73. The Balaban J connectivity index is 2.33. The van der Waals surface area contributed by atoms with E-state index in [4.69, 9.17) is 10.2 Å². The molecule has 0 bridgehead atoms. The lowest BCUT2D eigenvalue weighted by atomic mass is 10.2.